The lowest BCUT2D eigenvalue weighted by molar-refractivity contribution is 0.0325. The number of morpholine rings is 1. The van der Waals surface area contributed by atoms with E-state index in [1.165, 1.54) is 4.90 Å². The van der Waals surface area contributed by atoms with Crippen LogP contribution in [0.3, 0.4) is 0 Å². The summed E-state index contributed by atoms with van der Waals surface area (Å²) in [5.41, 5.74) is 3.84. The second-order valence-corrected chi connectivity index (χ2v) is 7.88. The maximum absolute atomic E-state index is 13.3. The van der Waals surface area contributed by atoms with Gasteiger partial charge in [0.15, 0.2) is 0 Å². The van der Waals surface area contributed by atoms with Gasteiger partial charge in [-0.1, -0.05) is 0 Å². The highest BCUT2D eigenvalue weighted by molar-refractivity contribution is 6.26. The summed E-state index contributed by atoms with van der Waals surface area (Å²) in [6.45, 7) is 7.80. The largest absolute Gasteiger partial charge is 0.497 e. The van der Waals surface area contributed by atoms with E-state index in [1.54, 1.807) is 7.11 Å². The Bertz CT molecular complexity index is 1190. The van der Waals surface area contributed by atoms with E-state index in [0.717, 1.165) is 35.2 Å². The van der Waals surface area contributed by atoms with Gasteiger partial charge in [-0.05, 0) is 37.6 Å². The second kappa shape index (κ2) is 7.11. The first-order chi connectivity index (χ1) is 14.5. The lowest BCUT2D eigenvalue weighted by Gasteiger charge is -2.28. The summed E-state index contributed by atoms with van der Waals surface area (Å²) in [6, 6.07) is 5.61. The maximum Gasteiger partial charge on any atom is 0.262 e. The van der Waals surface area contributed by atoms with Gasteiger partial charge in [0.2, 0.25) is 0 Å². The van der Waals surface area contributed by atoms with Gasteiger partial charge in [0.25, 0.3) is 11.8 Å². The third kappa shape index (κ3) is 2.73. The third-order valence-electron chi connectivity index (χ3n) is 6.27. The van der Waals surface area contributed by atoms with E-state index in [9.17, 15) is 9.59 Å². The van der Waals surface area contributed by atoms with Crippen molar-refractivity contribution < 1.29 is 23.5 Å². The molecule has 7 heteroatoms. The number of methoxy groups -OCH3 is 1. The molecule has 0 bridgehead atoms. The topological polar surface area (TPSA) is 72.2 Å². The molecule has 3 heterocycles. The molecule has 0 atom stereocenters. The van der Waals surface area contributed by atoms with Crippen LogP contribution in [0.25, 0.3) is 21.9 Å². The quantitative estimate of drug-likeness (QED) is 0.618. The first-order valence-corrected chi connectivity index (χ1v) is 10.2. The Morgan fingerprint density at radius 3 is 2.40 bits per heavy atom. The number of fused-ring (bicyclic) bond motifs is 4. The van der Waals surface area contributed by atoms with Crippen LogP contribution < -0.4 is 4.74 Å². The summed E-state index contributed by atoms with van der Waals surface area (Å²) in [4.78, 5) is 30.1. The van der Waals surface area contributed by atoms with Crippen molar-refractivity contribution in [1.82, 2.24) is 9.80 Å². The lowest BCUT2D eigenvalue weighted by atomic mass is 9.94. The molecule has 2 aliphatic heterocycles. The number of nitrogens with zero attached hydrogens (tertiary/aromatic N) is 2. The van der Waals surface area contributed by atoms with Crippen LogP contribution >= 0.6 is 0 Å². The average Bonchev–Trinajstić information content (AvgIpc) is 3.26. The zero-order chi connectivity index (χ0) is 21.0. The smallest absolute Gasteiger partial charge is 0.262 e. The van der Waals surface area contributed by atoms with Crippen molar-refractivity contribution in [3.8, 4) is 5.75 Å². The molecule has 156 valence electrons. The Kier molecular flexibility index (Phi) is 4.52. The van der Waals surface area contributed by atoms with Gasteiger partial charge in [-0.25, -0.2) is 0 Å². The number of amides is 2. The van der Waals surface area contributed by atoms with E-state index in [-0.39, 0.29) is 11.8 Å². The molecule has 0 radical (unpaired) electrons. The van der Waals surface area contributed by atoms with Crippen LogP contribution in [-0.2, 0) is 4.74 Å². The highest BCUT2D eigenvalue weighted by Crippen LogP contribution is 2.41. The monoisotopic (exact) mass is 408 g/mol. The average molecular weight is 408 g/mol. The van der Waals surface area contributed by atoms with Crippen molar-refractivity contribution in [1.29, 1.82) is 0 Å². The molecule has 7 nitrogen and oxygen atoms in total. The third-order valence-corrected chi connectivity index (χ3v) is 6.27. The van der Waals surface area contributed by atoms with Gasteiger partial charge in [-0.2, -0.15) is 0 Å². The molecule has 1 fully saturated rings. The van der Waals surface area contributed by atoms with E-state index in [0.29, 0.717) is 54.2 Å². The molecular formula is C23H24N2O5. The molecule has 0 aliphatic carbocycles. The minimum atomic E-state index is -0.233. The van der Waals surface area contributed by atoms with E-state index in [1.807, 2.05) is 32.0 Å². The number of furan rings is 1. The Morgan fingerprint density at radius 1 is 1.00 bits per heavy atom. The summed E-state index contributed by atoms with van der Waals surface area (Å²) in [7, 11) is 1.62. The molecule has 0 N–H and O–H groups in total. The predicted molar refractivity (Wildman–Crippen MR) is 112 cm³/mol. The molecule has 30 heavy (non-hydrogen) atoms. The molecule has 5 rings (SSSR count). The van der Waals surface area contributed by atoms with Crippen LogP contribution in [0.5, 0.6) is 5.75 Å². The van der Waals surface area contributed by atoms with Gasteiger partial charge in [0, 0.05) is 42.5 Å². The Hall–Kier alpha value is -2.90. The van der Waals surface area contributed by atoms with Crippen LogP contribution in [0.2, 0.25) is 0 Å². The molecule has 2 aromatic carbocycles. The van der Waals surface area contributed by atoms with Crippen LogP contribution in [0, 0.1) is 13.8 Å². The van der Waals surface area contributed by atoms with Crippen molar-refractivity contribution in [3.63, 3.8) is 0 Å². The molecular weight excluding hydrogens is 384 g/mol. The molecule has 1 saturated heterocycles. The van der Waals surface area contributed by atoms with Crippen LogP contribution in [-0.4, -0.2) is 68.1 Å². The number of hydrogen-bond acceptors (Lipinski definition) is 6. The number of ether oxygens (including phenoxy) is 2. The number of hydrogen-bond donors (Lipinski definition) is 0. The summed E-state index contributed by atoms with van der Waals surface area (Å²) in [6.07, 6.45) is 0. The van der Waals surface area contributed by atoms with Crippen LogP contribution in [0.4, 0.5) is 0 Å². The predicted octanol–water partition coefficient (Wildman–Crippen LogP) is 3.14. The minimum absolute atomic E-state index is 0.219. The number of benzene rings is 2. The van der Waals surface area contributed by atoms with E-state index < -0.39 is 0 Å². The first-order valence-electron chi connectivity index (χ1n) is 10.2. The van der Waals surface area contributed by atoms with Gasteiger partial charge < -0.3 is 13.9 Å². The van der Waals surface area contributed by atoms with Gasteiger partial charge >= 0.3 is 0 Å². The maximum atomic E-state index is 13.3. The molecule has 2 aliphatic rings. The highest BCUT2D eigenvalue weighted by Gasteiger charge is 2.40. The fourth-order valence-electron chi connectivity index (χ4n) is 4.62. The number of carbonyl (C=O) groups excluding carboxylic acids is 2. The van der Waals surface area contributed by atoms with Gasteiger partial charge in [-0.15, -0.1) is 0 Å². The van der Waals surface area contributed by atoms with Crippen molar-refractivity contribution >= 4 is 33.8 Å². The van der Waals surface area contributed by atoms with Crippen molar-refractivity contribution in [2.45, 2.75) is 13.8 Å². The van der Waals surface area contributed by atoms with Crippen molar-refractivity contribution in [2.75, 3.05) is 46.5 Å². The molecule has 0 spiro atoms. The number of rotatable bonds is 4. The summed E-state index contributed by atoms with van der Waals surface area (Å²) >= 11 is 0. The summed E-state index contributed by atoms with van der Waals surface area (Å²) < 4.78 is 16.8. The zero-order valence-electron chi connectivity index (χ0n) is 17.4. The van der Waals surface area contributed by atoms with Gasteiger partial charge in [0.05, 0.1) is 31.5 Å². The Labute approximate surface area is 174 Å². The Balaban J connectivity index is 1.58. The van der Waals surface area contributed by atoms with Crippen molar-refractivity contribution in [3.05, 3.63) is 40.5 Å². The van der Waals surface area contributed by atoms with Crippen molar-refractivity contribution in [2.24, 2.45) is 0 Å². The number of carbonyl (C=O) groups is 2. The number of imide groups is 1. The standard InChI is InChI=1S/C23H24N2O5/c1-13-18-16-12-15(28-3)4-5-17(16)30-21(18)14(2)20-19(13)22(26)25(23(20)27)7-6-24-8-10-29-11-9-24/h4-5,12H,6-11H2,1-3H3. The molecule has 3 aromatic rings. The SMILES string of the molecule is COc1ccc2oc3c(C)c4c(c(C)c3c2c1)C(=O)N(CCN1CCOCC1)C4=O. The van der Waals surface area contributed by atoms with E-state index in [2.05, 4.69) is 4.90 Å². The van der Waals surface area contributed by atoms with Crippen LogP contribution in [0.15, 0.2) is 22.6 Å². The number of aryl methyl sites for hydroxylation is 2. The fourth-order valence-corrected chi connectivity index (χ4v) is 4.62. The lowest BCUT2D eigenvalue weighted by Crippen LogP contribution is -2.43. The first kappa shape index (κ1) is 19.1. The summed E-state index contributed by atoms with van der Waals surface area (Å²) in [5, 5.41) is 1.76. The second-order valence-electron chi connectivity index (χ2n) is 7.88. The minimum Gasteiger partial charge on any atom is -0.497 e. The molecule has 2 amide bonds. The summed E-state index contributed by atoms with van der Waals surface area (Å²) in [5.74, 6) is 0.268. The van der Waals surface area contributed by atoms with Crippen LogP contribution in [0.1, 0.15) is 31.8 Å². The Morgan fingerprint density at radius 2 is 1.70 bits per heavy atom. The molecule has 1 aromatic heterocycles. The van der Waals surface area contributed by atoms with Gasteiger partial charge in [-0.3, -0.25) is 19.4 Å². The fraction of sp³-hybridized carbons (Fsp3) is 0.391. The highest BCUT2D eigenvalue weighted by atomic mass is 16.5. The zero-order valence-corrected chi connectivity index (χ0v) is 17.4. The van der Waals surface area contributed by atoms with Gasteiger partial charge in [0.1, 0.15) is 16.9 Å². The molecule has 0 unspecified atom stereocenters. The van der Waals surface area contributed by atoms with E-state index in [4.69, 9.17) is 13.9 Å². The van der Waals surface area contributed by atoms with E-state index >= 15 is 0 Å². The molecule has 0 saturated carbocycles. The normalized spacial score (nSPS) is 17.4.